The van der Waals surface area contributed by atoms with E-state index in [0.717, 1.165) is 0 Å². The van der Waals surface area contributed by atoms with Crippen molar-refractivity contribution in [1.82, 2.24) is 20.0 Å². The molecule has 0 aliphatic carbocycles. The van der Waals surface area contributed by atoms with E-state index in [-0.39, 0.29) is 37.1 Å². The van der Waals surface area contributed by atoms with Crippen LogP contribution in [0.5, 0.6) is 11.8 Å². The first-order valence-corrected chi connectivity index (χ1v) is 10.7. The molecule has 2 aliphatic rings. The number of rotatable bonds is 5. The van der Waals surface area contributed by atoms with Gasteiger partial charge in [-0.05, 0) is 35.9 Å². The fourth-order valence-corrected chi connectivity index (χ4v) is 3.86. The van der Waals surface area contributed by atoms with Crippen LogP contribution in [0.3, 0.4) is 0 Å². The highest BCUT2D eigenvalue weighted by atomic mass is 19.1. The van der Waals surface area contributed by atoms with Crippen molar-refractivity contribution in [3.63, 3.8) is 0 Å². The normalized spacial score (nSPS) is 16.7. The molecule has 0 radical (unpaired) electrons. The van der Waals surface area contributed by atoms with E-state index in [2.05, 4.69) is 9.97 Å². The van der Waals surface area contributed by atoms with Gasteiger partial charge in [0.2, 0.25) is 11.7 Å². The highest BCUT2D eigenvalue weighted by Crippen LogP contribution is 2.31. The molecular formula is C24H21FN4O5. The zero-order valence-electron chi connectivity index (χ0n) is 18.1. The van der Waals surface area contributed by atoms with Gasteiger partial charge in [-0.2, -0.15) is 4.98 Å². The van der Waals surface area contributed by atoms with Crippen LogP contribution in [-0.2, 0) is 20.7 Å². The van der Waals surface area contributed by atoms with E-state index in [0.29, 0.717) is 24.5 Å². The molecule has 2 aliphatic heterocycles. The number of aromatic nitrogens is 2. The number of benzene rings is 2. The molecule has 174 valence electrons. The van der Waals surface area contributed by atoms with Gasteiger partial charge in [0.05, 0.1) is 32.7 Å². The zero-order valence-corrected chi connectivity index (χ0v) is 18.1. The Bertz CT molecular complexity index is 1190. The van der Waals surface area contributed by atoms with Crippen LogP contribution >= 0.6 is 0 Å². The summed E-state index contributed by atoms with van der Waals surface area (Å²) in [4.78, 5) is 34.9. The quantitative estimate of drug-likeness (QED) is 0.573. The van der Waals surface area contributed by atoms with Crippen molar-refractivity contribution in [3.8, 4) is 11.8 Å². The largest absolute Gasteiger partial charge is 0.424 e. The van der Waals surface area contributed by atoms with Gasteiger partial charge in [0, 0.05) is 6.20 Å². The number of hydrogen-bond donors (Lipinski definition) is 0. The first-order valence-electron chi connectivity index (χ1n) is 10.7. The zero-order chi connectivity index (χ0) is 23.5. The highest BCUT2D eigenvalue weighted by Gasteiger charge is 2.51. The van der Waals surface area contributed by atoms with Gasteiger partial charge in [0.25, 0.3) is 5.91 Å². The fraction of sp³-hybridized carbons (Fsp3) is 0.250. The van der Waals surface area contributed by atoms with Gasteiger partial charge in [-0.3, -0.25) is 9.59 Å². The van der Waals surface area contributed by atoms with Gasteiger partial charge in [-0.15, -0.1) is 0 Å². The van der Waals surface area contributed by atoms with Crippen LogP contribution in [0.2, 0.25) is 0 Å². The number of ether oxygens (including phenoxy) is 3. The van der Waals surface area contributed by atoms with Crippen LogP contribution in [0.15, 0.2) is 66.9 Å². The van der Waals surface area contributed by atoms with E-state index in [1.807, 2.05) is 6.07 Å². The first kappa shape index (κ1) is 21.9. The number of amides is 2. The number of hydrogen-bond acceptors (Lipinski definition) is 7. The van der Waals surface area contributed by atoms with Crippen molar-refractivity contribution in [2.75, 3.05) is 26.3 Å². The topological polar surface area (TPSA) is 94.1 Å². The molecule has 2 amide bonds. The molecule has 2 aromatic carbocycles. The molecule has 9 nitrogen and oxygen atoms in total. The predicted octanol–water partition coefficient (Wildman–Crippen LogP) is 2.59. The number of nitrogens with zero attached hydrogens (tertiary/aromatic N) is 4. The predicted molar refractivity (Wildman–Crippen MR) is 116 cm³/mol. The lowest BCUT2D eigenvalue weighted by atomic mass is 10.1. The maximum atomic E-state index is 13.4. The molecule has 0 bridgehead atoms. The Morgan fingerprint density at radius 2 is 1.68 bits per heavy atom. The van der Waals surface area contributed by atoms with Crippen molar-refractivity contribution in [2.45, 2.75) is 12.2 Å². The number of halogens is 1. The standard InChI is InChI=1S/C24H21FN4O5/c25-18-8-6-17(7-9-18)14-21(30)28-15-24(32-12-13-33-24)16-29(28)22(31)20-10-11-26-23(27-20)34-19-4-2-1-3-5-19/h1-11H,12-16H2. The number of para-hydroxylation sites is 1. The van der Waals surface area contributed by atoms with E-state index in [1.54, 1.807) is 24.3 Å². The van der Waals surface area contributed by atoms with E-state index in [4.69, 9.17) is 14.2 Å². The second kappa shape index (κ2) is 9.16. The summed E-state index contributed by atoms with van der Waals surface area (Å²) in [5.74, 6) is -1.84. The van der Waals surface area contributed by atoms with Crippen LogP contribution in [-0.4, -0.2) is 63.9 Å². The maximum absolute atomic E-state index is 13.4. The number of hydrazine groups is 1. The van der Waals surface area contributed by atoms with Gasteiger partial charge in [0.1, 0.15) is 17.3 Å². The van der Waals surface area contributed by atoms with E-state index >= 15 is 0 Å². The van der Waals surface area contributed by atoms with Crippen LogP contribution in [0.1, 0.15) is 16.1 Å². The third kappa shape index (κ3) is 4.59. The molecule has 1 spiro atoms. The Morgan fingerprint density at radius 1 is 0.971 bits per heavy atom. The molecule has 2 fully saturated rings. The Balaban J connectivity index is 1.38. The SMILES string of the molecule is O=C(Cc1ccc(F)cc1)N1CC2(CN1C(=O)c1ccnc(Oc3ccccc3)n1)OCCO2. The summed E-state index contributed by atoms with van der Waals surface area (Å²) in [6, 6.07) is 16.0. The summed E-state index contributed by atoms with van der Waals surface area (Å²) >= 11 is 0. The monoisotopic (exact) mass is 464 g/mol. The lowest BCUT2D eigenvalue weighted by Crippen LogP contribution is -2.45. The smallest absolute Gasteiger partial charge is 0.322 e. The molecule has 5 rings (SSSR count). The molecule has 0 saturated carbocycles. The Hall–Kier alpha value is -3.89. The molecule has 0 atom stereocenters. The third-order valence-electron chi connectivity index (χ3n) is 5.48. The number of carbonyl (C=O) groups excluding carboxylic acids is 2. The average Bonchev–Trinajstić information content (AvgIpc) is 3.48. The summed E-state index contributed by atoms with van der Waals surface area (Å²) in [6.45, 7) is 0.812. The van der Waals surface area contributed by atoms with Crippen molar-refractivity contribution in [1.29, 1.82) is 0 Å². The lowest BCUT2D eigenvalue weighted by Gasteiger charge is -2.26. The minimum atomic E-state index is -1.09. The lowest BCUT2D eigenvalue weighted by molar-refractivity contribution is -0.147. The summed E-state index contributed by atoms with van der Waals surface area (Å²) in [5, 5.41) is 2.57. The molecule has 3 heterocycles. The summed E-state index contributed by atoms with van der Waals surface area (Å²) in [5.41, 5.74) is 0.671. The van der Waals surface area contributed by atoms with E-state index in [1.165, 1.54) is 46.5 Å². The van der Waals surface area contributed by atoms with Gasteiger partial charge < -0.3 is 14.2 Å². The van der Waals surface area contributed by atoms with Crippen molar-refractivity contribution in [3.05, 3.63) is 83.9 Å². The van der Waals surface area contributed by atoms with Crippen LogP contribution in [0.25, 0.3) is 0 Å². The van der Waals surface area contributed by atoms with Crippen LogP contribution in [0, 0.1) is 5.82 Å². The van der Waals surface area contributed by atoms with Gasteiger partial charge in [-0.25, -0.2) is 19.4 Å². The highest BCUT2D eigenvalue weighted by molar-refractivity contribution is 5.94. The Morgan fingerprint density at radius 3 is 2.41 bits per heavy atom. The molecular weight excluding hydrogens is 443 g/mol. The first-order chi connectivity index (χ1) is 16.5. The van der Waals surface area contributed by atoms with E-state index in [9.17, 15) is 14.0 Å². The molecule has 2 saturated heterocycles. The average molecular weight is 464 g/mol. The minimum absolute atomic E-state index is 0.00325. The summed E-state index contributed by atoms with van der Waals surface area (Å²) in [7, 11) is 0. The van der Waals surface area contributed by atoms with Crippen molar-refractivity contribution >= 4 is 11.8 Å². The van der Waals surface area contributed by atoms with Gasteiger partial charge in [0.15, 0.2) is 0 Å². The fourth-order valence-electron chi connectivity index (χ4n) is 3.86. The van der Waals surface area contributed by atoms with Gasteiger partial charge >= 0.3 is 6.01 Å². The molecule has 3 aromatic rings. The third-order valence-corrected chi connectivity index (χ3v) is 5.48. The second-order valence-electron chi connectivity index (χ2n) is 7.86. The van der Waals surface area contributed by atoms with Crippen molar-refractivity contribution in [2.24, 2.45) is 0 Å². The van der Waals surface area contributed by atoms with E-state index < -0.39 is 17.5 Å². The molecule has 1 aromatic heterocycles. The molecule has 0 unspecified atom stereocenters. The summed E-state index contributed by atoms with van der Waals surface area (Å²) < 4.78 is 30.4. The molecule has 10 heteroatoms. The molecule has 0 N–H and O–H groups in total. The van der Waals surface area contributed by atoms with Crippen molar-refractivity contribution < 1.29 is 28.2 Å². The Labute approximate surface area is 194 Å². The molecule has 34 heavy (non-hydrogen) atoms. The van der Waals surface area contributed by atoms with Crippen LogP contribution in [0.4, 0.5) is 4.39 Å². The minimum Gasteiger partial charge on any atom is -0.424 e. The summed E-state index contributed by atoms with van der Waals surface area (Å²) in [6.07, 6.45) is 1.39. The van der Waals surface area contributed by atoms with Gasteiger partial charge in [-0.1, -0.05) is 30.3 Å². The number of carbonyl (C=O) groups is 2. The maximum Gasteiger partial charge on any atom is 0.322 e. The van der Waals surface area contributed by atoms with Crippen LogP contribution < -0.4 is 4.74 Å². The second-order valence-corrected chi connectivity index (χ2v) is 7.86. The Kier molecular flexibility index (Phi) is 5.91.